The van der Waals surface area contributed by atoms with Crippen LogP contribution >= 0.6 is 35.0 Å². The minimum atomic E-state index is -0.562. The van der Waals surface area contributed by atoms with Crippen LogP contribution in [0.4, 0.5) is 11.4 Å². The molecule has 0 saturated heterocycles. The number of nitrogens with zero attached hydrogens (tertiary/aromatic N) is 4. The predicted molar refractivity (Wildman–Crippen MR) is 128 cm³/mol. The van der Waals surface area contributed by atoms with Gasteiger partial charge >= 0.3 is 0 Å². The number of nitrogens with one attached hydrogen (secondary N) is 1. The Labute approximate surface area is 203 Å². The van der Waals surface area contributed by atoms with Gasteiger partial charge in [-0.2, -0.15) is 0 Å². The van der Waals surface area contributed by atoms with E-state index in [0.717, 1.165) is 17.3 Å². The van der Waals surface area contributed by atoms with Gasteiger partial charge in [-0.25, -0.2) is 0 Å². The summed E-state index contributed by atoms with van der Waals surface area (Å²) < 4.78 is 7.59. The summed E-state index contributed by atoms with van der Waals surface area (Å²) >= 11 is 13.2. The molecule has 0 aliphatic heterocycles. The number of anilines is 1. The first kappa shape index (κ1) is 24.6. The molecule has 0 atom stereocenters. The highest BCUT2D eigenvalue weighted by atomic mass is 35.5. The molecule has 0 fully saturated rings. The lowest BCUT2D eigenvalue weighted by atomic mass is 10.2. The van der Waals surface area contributed by atoms with Crippen LogP contribution in [0.1, 0.15) is 11.4 Å². The molecule has 33 heavy (non-hydrogen) atoms. The van der Waals surface area contributed by atoms with Crippen molar-refractivity contribution in [3.8, 4) is 5.75 Å². The average Bonchev–Trinajstić information content (AvgIpc) is 3.16. The summed E-state index contributed by atoms with van der Waals surface area (Å²) in [6.45, 7) is 6.22. The molecule has 172 valence electrons. The summed E-state index contributed by atoms with van der Waals surface area (Å²) in [5.74, 6) is 0.801. The zero-order chi connectivity index (χ0) is 24.0. The smallest absolute Gasteiger partial charge is 0.271 e. The number of carbonyl (C=O) groups is 1. The van der Waals surface area contributed by atoms with Crippen LogP contribution in [0, 0.1) is 17.0 Å². The summed E-state index contributed by atoms with van der Waals surface area (Å²) in [5.41, 5.74) is 0.887. The van der Waals surface area contributed by atoms with Crippen LogP contribution in [0.2, 0.25) is 10.0 Å². The molecule has 0 radical (unpaired) electrons. The third-order valence-electron chi connectivity index (χ3n) is 4.37. The molecule has 0 aliphatic rings. The number of aromatic nitrogens is 3. The Morgan fingerprint density at radius 3 is 2.73 bits per heavy atom. The number of hydrogen-bond donors (Lipinski definition) is 1. The first-order valence-electron chi connectivity index (χ1n) is 9.57. The van der Waals surface area contributed by atoms with Gasteiger partial charge in [0.2, 0.25) is 5.91 Å². The van der Waals surface area contributed by atoms with Crippen molar-refractivity contribution < 1.29 is 14.5 Å². The van der Waals surface area contributed by atoms with Crippen molar-refractivity contribution in [2.45, 2.75) is 25.2 Å². The number of rotatable bonds is 10. The summed E-state index contributed by atoms with van der Waals surface area (Å²) in [6.07, 6.45) is 1.69. The van der Waals surface area contributed by atoms with Gasteiger partial charge in [-0.15, -0.1) is 16.8 Å². The highest BCUT2D eigenvalue weighted by Gasteiger charge is 2.16. The number of non-ortho nitro benzene ring substituents is 1. The highest BCUT2D eigenvalue weighted by Crippen LogP contribution is 2.27. The fourth-order valence-corrected chi connectivity index (χ4v) is 3.79. The van der Waals surface area contributed by atoms with Gasteiger partial charge in [0.1, 0.15) is 12.4 Å². The molecule has 3 rings (SSSR count). The Bertz CT molecular complexity index is 1200. The SMILES string of the molecule is C=CCn1c(COc2ccc(Cl)c(C)c2)nnc1SCC(=O)Nc1cc([N+](=O)[O-])ccc1Cl. The molecule has 0 bridgehead atoms. The Morgan fingerprint density at radius 1 is 1.27 bits per heavy atom. The van der Waals surface area contributed by atoms with Gasteiger partial charge < -0.3 is 10.1 Å². The normalized spacial score (nSPS) is 10.6. The zero-order valence-corrected chi connectivity index (χ0v) is 19.8. The van der Waals surface area contributed by atoms with Crippen LogP contribution in [-0.2, 0) is 17.9 Å². The lowest BCUT2D eigenvalue weighted by Crippen LogP contribution is -2.15. The number of aryl methyl sites for hydroxylation is 1. The topological polar surface area (TPSA) is 112 Å². The van der Waals surface area contributed by atoms with Crippen LogP contribution in [0.15, 0.2) is 54.2 Å². The number of allylic oxidation sites excluding steroid dienone is 1. The molecule has 3 aromatic rings. The summed E-state index contributed by atoms with van der Waals surface area (Å²) in [4.78, 5) is 22.8. The summed E-state index contributed by atoms with van der Waals surface area (Å²) in [7, 11) is 0. The molecule has 0 unspecified atom stereocenters. The molecule has 9 nitrogen and oxygen atoms in total. The van der Waals surface area contributed by atoms with E-state index in [-0.39, 0.29) is 28.8 Å². The molecule has 1 amide bonds. The van der Waals surface area contributed by atoms with Gasteiger partial charge in [0.05, 0.1) is 21.4 Å². The lowest BCUT2D eigenvalue weighted by molar-refractivity contribution is -0.384. The van der Waals surface area contributed by atoms with Crippen molar-refractivity contribution in [3.05, 3.63) is 80.6 Å². The Hall–Kier alpha value is -3.08. The second kappa shape index (κ2) is 11.2. The molecule has 12 heteroatoms. The molecule has 1 heterocycles. The fraction of sp³-hybridized carbons (Fsp3) is 0.190. The number of carbonyl (C=O) groups excluding carboxylic acids is 1. The van der Waals surface area contributed by atoms with E-state index in [0.29, 0.717) is 28.3 Å². The molecule has 2 aromatic carbocycles. The second-order valence-electron chi connectivity index (χ2n) is 6.76. The number of ether oxygens (including phenoxy) is 1. The van der Waals surface area contributed by atoms with Crippen LogP contribution in [0.5, 0.6) is 5.75 Å². The standard InChI is InChI=1S/C21H19Cl2N5O4S/c1-3-8-27-19(11-32-15-5-7-16(22)13(2)9-15)25-26-21(27)33-12-20(29)24-18-10-14(28(30)31)4-6-17(18)23/h3-7,9-10H,1,8,11-12H2,2H3,(H,24,29). The molecular weight excluding hydrogens is 489 g/mol. The largest absolute Gasteiger partial charge is 0.486 e. The maximum atomic E-state index is 12.4. The van der Waals surface area contributed by atoms with Gasteiger partial charge in [-0.1, -0.05) is 41.0 Å². The fourth-order valence-electron chi connectivity index (χ4n) is 2.74. The first-order chi connectivity index (χ1) is 15.8. The first-order valence-corrected chi connectivity index (χ1v) is 11.3. The second-order valence-corrected chi connectivity index (χ2v) is 8.51. The number of nitro groups is 1. The predicted octanol–water partition coefficient (Wildman–Crippen LogP) is 5.30. The van der Waals surface area contributed by atoms with E-state index in [4.69, 9.17) is 27.9 Å². The Balaban J connectivity index is 1.65. The maximum absolute atomic E-state index is 12.4. The minimum absolute atomic E-state index is 0.00840. The lowest BCUT2D eigenvalue weighted by Gasteiger charge is -2.10. The van der Waals surface area contributed by atoms with Crippen molar-refractivity contribution in [2.75, 3.05) is 11.1 Å². The number of amides is 1. The molecule has 1 aromatic heterocycles. The molecule has 0 spiro atoms. The number of hydrogen-bond acceptors (Lipinski definition) is 7. The molecule has 0 saturated carbocycles. The van der Waals surface area contributed by atoms with Gasteiger partial charge in [0.25, 0.3) is 5.69 Å². The number of nitro benzene ring substituents is 1. The maximum Gasteiger partial charge on any atom is 0.271 e. The third kappa shape index (κ3) is 6.47. The van der Waals surface area contributed by atoms with Gasteiger partial charge in [0, 0.05) is 23.7 Å². The van der Waals surface area contributed by atoms with E-state index in [2.05, 4.69) is 22.1 Å². The van der Waals surface area contributed by atoms with E-state index in [1.165, 1.54) is 18.2 Å². The minimum Gasteiger partial charge on any atom is -0.486 e. The van der Waals surface area contributed by atoms with E-state index in [9.17, 15) is 14.9 Å². The monoisotopic (exact) mass is 507 g/mol. The third-order valence-corrected chi connectivity index (χ3v) is 6.09. The molecular formula is C21H19Cl2N5O4S. The number of halogens is 2. The van der Waals surface area contributed by atoms with E-state index in [1.807, 2.05) is 13.0 Å². The molecule has 1 N–H and O–H groups in total. The van der Waals surface area contributed by atoms with Crippen molar-refractivity contribution in [2.24, 2.45) is 0 Å². The van der Waals surface area contributed by atoms with E-state index < -0.39 is 10.8 Å². The van der Waals surface area contributed by atoms with Crippen LogP contribution in [0.3, 0.4) is 0 Å². The van der Waals surface area contributed by atoms with Crippen LogP contribution < -0.4 is 10.1 Å². The molecule has 0 aliphatic carbocycles. The van der Waals surface area contributed by atoms with Crippen LogP contribution in [0.25, 0.3) is 0 Å². The van der Waals surface area contributed by atoms with Crippen LogP contribution in [-0.4, -0.2) is 31.3 Å². The summed E-state index contributed by atoms with van der Waals surface area (Å²) in [5, 5.41) is 23.2. The van der Waals surface area contributed by atoms with E-state index in [1.54, 1.807) is 22.8 Å². The van der Waals surface area contributed by atoms with E-state index >= 15 is 0 Å². The number of thioether (sulfide) groups is 1. The van der Waals surface area contributed by atoms with Gasteiger partial charge in [-0.3, -0.25) is 19.5 Å². The zero-order valence-electron chi connectivity index (χ0n) is 17.5. The Morgan fingerprint density at radius 2 is 2.03 bits per heavy atom. The summed E-state index contributed by atoms with van der Waals surface area (Å²) in [6, 6.07) is 9.18. The van der Waals surface area contributed by atoms with Gasteiger partial charge in [-0.05, 0) is 36.8 Å². The van der Waals surface area contributed by atoms with Gasteiger partial charge in [0.15, 0.2) is 11.0 Å². The van der Waals surface area contributed by atoms with Crippen molar-refractivity contribution in [1.29, 1.82) is 0 Å². The average molecular weight is 508 g/mol. The van der Waals surface area contributed by atoms with Crippen molar-refractivity contribution in [3.63, 3.8) is 0 Å². The van der Waals surface area contributed by atoms with Crippen molar-refractivity contribution in [1.82, 2.24) is 14.8 Å². The highest BCUT2D eigenvalue weighted by molar-refractivity contribution is 7.99. The van der Waals surface area contributed by atoms with Crippen molar-refractivity contribution >= 4 is 52.2 Å². The quantitative estimate of drug-likeness (QED) is 0.171. The number of benzene rings is 2. The Kier molecular flexibility index (Phi) is 8.32.